The molecule has 0 aromatic carbocycles. The van der Waals surface area contributed by atoms with E-state index in [1.165, 1.54) is 6.92 Å². The minimum atomic E-state index is -1.64. The van der Waals surface area contributed by atoms with Crippen molar-refractivity contribution in [3.63, 3.8) is 0 Å². The summed E-state index contributed by atoms with van der Waals surface area (Å²) in [5.41, 5.74) is -1.64. The number of hydrogen-bond acceptors (Lipinski definition) is 4. The van der Waals surface area contributed by atoms with Crippen molar-refractivity contribution in [1.29, 1.82) is 0 Å². The van der Waals surface area contributed by atoms with Crippen molar-refractivity contribution < 1.29 is 19.6 Å². The van der Waals surface area contributed by atoms with Gasteiger partial charge in [0.05, 0.1) is 0 Å². The Morgan fingerprint density at radius 3 is 2.11 bits per heavy atom. The van der Waals surface area contributed by atoms with Crippen LogP contribution in [-0.2, 0) is 9.59 Å². The van der Waals surface area contributed by atoms with Crippen molar-refractivity contribution in [2.75, 3.05) is 6.54 Å². The highest BCUT2D eigenvalue weighted by Crippen LogP contribution is 2.37. The Morgan fingerprint density at radius 1 is 1.39 bits per heavy atom. The van der Waals surface area contributed by atoms with Gasteiger partial charge in [-0.3, -0.25) is 19.7 Å². The van der Waals surface area contributed by atoms with Gasteiger partial charge in [0.2, 0.25) is 6.54 Å². The zero-order valence-corrected chi connectivity index (χ0v) is 11.3. The first-order chi connectivity index (χ1) is 8.18. The van der Waals surface area contributed by atoms with Crippen LogP contribution in [0.5, 0.6) is 0 Å². The monoisotopic (exact) mass is 259 g/mol. The summed E-state index contributed by atoms with van der Waals surface area (Å²) in [7, 11) is 0. The molecule has 0 aromatic heterocycles. The third kappa shape index (κ3) is 3.51. The number of nitro groups is 1. The SMILES string of the molecule is CCC(C(C)=O)(C(=O)O)C(CC(C)C)C[N+](=O)[O-]. The molecule has 0 heterocycles. The Morgan fingerprint density at radius 2 is 1.89 bits per heavy atom. The number of carbonyl (C=O) groups is 2. The van der Waals surface area contributed by atoms with Gasteiger partial charge >= 0.3 is 5.97 Å². The van der Waals surface area contributed by atoms with Gasteiger partial charge in [0.25, 0.3) is 0 Å². The van der Waals surface area contributed by atoms with Crippen molar-refractivity contribution in [3.8, 4) is 0 Å². The van der Waals surface area contributed by atoms with Crippen LogP contribution in [0.15, 0.2) is 0 Å². The van der Waals surface area contributed by atoms with Gasteiger partial charge in [-0.1, -0.05) is 20.8 Å². The molecule has 0 spiro atoms. The van der Waals surface area contributed by atoms with Crippen LogP contribution in [0, 0.1) is 27.4 Å². The van der Waals surface area contributed by atoms with Gasteiger partial charge in [0.1, 0.15) is 11.2 Å². The van der Waals surface area contributed by atoms with Crippen LogP contribution >= 0.6 is 0 Å². The maximum atomic E-state index is 11.7. The Labute approximate surface area is 107 Å². The lowest BCUT2D eigenvalue weighted by Crippen LogP contribution is -2.47. The fourth-order valence-electron chi connectivity index (χ4n) is 2.48. The molecule has 6 nitrogen and oxygen atoms in total. The summed E-state index contributed by atoms with van der Waals surface area (Å²) in [6.45, 7) is 6.01. The van der Waals surface area contributed by atoms with E-state index in [2.05, 4.69) is 0 Å². The Kier molecular flexibility index (Phi) is 5.94. The van der Waals surface area contributed by atoms with Gasteiger partial charge in [-0.25, -0.2) is 0 Å². The summed E-state index contributed by atoms with van der Waals surface area (Å²) >= 11 is 0. The van der Waals surface area contributed by atoms with Crippen LogP contribution in [0.3, 0.4) is 0 Å². The molecule has 0 bridgehead atoms. The number of rotatable bonds is 8. The maximum absolute atomic E-state index is 11.7. The van der Waals surface area contributed by atoms with Crippen LogP contribution < -0.4 is 0 Å². The molecule has 104 valence electrons. The Balaban J connectivity index is 5.51. The summed E-state index contributed by atoms with van der Waals surface area (Å²) in [5, 5.41) is 20.0. The molecule has 0 saturated heterocycles. The second-order valence-electron chi connectivity index (χ2n) is 5.03. The summed E-state index contributed by atoms with van der Waals surface area (Å²) in [6, 6.07) is 0. The van der Waals surface area contributed by atoms with Gasteiger partial charge in [0.15, 0.2) is 0 Å². The molecule has 0 rings (SSSR count). The molecule has 0 aliphatic rings. The molecule has 0 radical (unpaired) electrons. The number of aliphatic carboxylic acids is 1. The lowest BCUT2D eigenvalue weighted by Gasteiger charge is -2.32. The predicted molar refractivity (Wildman–Crippen MR) is 65.8 cm³/mol. The topological polar surface area (TPSA) is 97.5 Å². The average molecular weight is 259 g/mol. The normalized spacial score (nSPS) is 16.1. The molecule has 0 aliphatic heterocycles. The molecule has 6 heteroatoms. The Hall–Kier alpha value is -1.46. The fourth-order valence-corrected chi connectivity index (χ4v) is 2.48. The molecule has 0 fully saturated rings. The first-order valence-electron chi connectivity index (χ1n) is 6.04. The van der Waals surface area contributed by atoms with E-state index in [4.69, 9.17) is 0 Å². The number of Topliss-reactive ketones (excluding diaryl/α,β-unsaturated/α-hetero) is 1. The minimum absolute atomic E-state index is 0.0723. The second kappa shape index (κ2) is 6.47. The lowest BCUT2D eigenvalue weighted by molar-refractivity contribution is -0.491. The van der Waals surface area contributed by atoms with Gasteiger partial charge in [-0.15, -0.1) is 0 Å². The highest BCUT2D eigenvalue weighted by Gasteiger charge is 2.50. The molecular formula is C12H21NO5. The zero-order valence-electron chi connectivity index (χ0n) is 11.3. The van der Waals surface area contributed by atoms with Crippen LogP contribution in [0.2, 0.25) is 0 Å². The molecule has 2 atom stereocenters. The summed E-state index contributed by atoms with van der Waals surface area (Å²) in [5.74, 6) is -2.44. The van der Waals surface area contributed by atoms with Crippen molar-refractivity contribution >= 4 is 11.8 Å². The van der Waals surface area contributed by atoms with E-state index < -0.39 is 34.6 Å². The third-order valence-corrected chi connectivity index (χ3v) is 3.39. The number of carboxylic acid groups (broad SMARTS) is 1. The quantitative estimate of drug-likeness (QED) is 0.408. The average Bonchev–Trinajstić information content (AvgIpc) is 2.15. The molecule has 0 aliphatic carbocycles. The molecular weight excluding hydrogens is 238 g/mol. The highest BCUT2D eigenvalue weighted by molar-refractivity contribution is 6.02. The standard InChI is InChI=1S/C12H21NO5/c1-5-12(9(4)14,11(15)16)10(6-8(2)3)7-13(17)18/h8,10H,5-7H2,1-4H3,(H,15,16). The number of nitrogens with zero attached hydrogens (tertiary/aromatic N) is 1. The smallest absolute Gasteiger partial charge is 0.317 e. The maximum Gasteiger partial charge on any atom is 0.317 e. The second-order valence-corrected chi connectivity index (χ2v) is 5.03. The van der Waals surface area contributed by atoms with Crippen molar-refractivity contribution in [1.82, 2.24) is 0 Å². The minimum Gasteiger partial charge on any atom is -0.480 e. The van der Waals surface area contributed by atoms with Crippen molar-refractivity contribution in [2.45, 2.75) is 40.5 Å². The molecule has 18 heavy (non-hydrogen) atoms. The van der Waals surface area contributed by atoms with Gasteiger partial charge in [-0.2, -0.15) is 0 Å². The number of ketones is 1. The summed E-state index contributed by atoms with van der Waals surface area (Å²) in [6.07, 6.45) is 0.420. The summed E-state index contributed by atoms with van der Waals surface area (Å²) in [4.78, 5) is 33.4. The predicted octanol–water partition coefficient (Wildman–Crippen LogP) is 2.00. The highest BCUT2D eigenvalue weighted by atomic mass is 16.6. The number of carbonyl (C=O) groups excluding carboxylic acids is 1. The Bertz CT molecular complexity index is 323. The van der Waals surface area contributed by atoms with E-state index in [1.54, 1.807) is 6.92 Å². The van der Waals surface area contributed by atoms with E-state index in [9.17, 15) is 24.8 Å². The van der Waals surface area contributed by atoms with Crippen LogP contribution in [0.25, 0.3) is 0 Å². The number of hydrogen-bond donors (Lipinski definition) is 1. The van der Waals surface area contributed by atoms with E-state index >= 15 is 0 Å². The molecule has 1 N–H and O–H groups in total. The van der Waals surface area contributed by atoms with E-state index in [1.807, 2.05) is 13.8 Å². The molecule has 2 unspecified atom stereocenters. The van der Waals surface area contributed by atoms with Crippen LogP contribution in [0.4, 0.5) is 0 Å². The third-order valence-electron chi connectivity index (χ3n) is 3.39. The zero-order chi connectivity index (χ0) is 14.5. The molecule has 0 amide bonds. The van der Waals surface area contributed by atoms with Crippen LogP contribution in [0.1, 0.15) is 40.5 Å². The summed E-state index contributed by atoms with van der Waals surface area (Å²) < 4.78 is 0. The molecule has 0 aromatic rings. The number of carboxylic acids is 1. The van der Waals surface area contributed by atoms with Gasteiger partial charge in [-0.05, 0) is 25.7 Å². The first kappa shape index (κ1) is 16.5. The van der Waals surface area contributed by atoms with E-state index in [-0.39, 0.29) is 12.3 Å². The van der Waals surface area contributed by atoms with E-state index in [0.29, 0.717) is 6.42 Å². The first-order valence-corrected chi connectivity index (χ1v) is 6.04. The largest absolute Gasteiger partial charge is 0.480 e. The van der Waals surface area contributed by atoms with Crippen molar-refractivity contribution in [2.24, 2.45) is 17.3 Å². The van der Waals surface area contributed by atoms with Gasteiger partial charge < -0.3 is 5.11 Å². The van der Waals surface area contributed by atoms with E-state index in [0.717, 1.165) is 0 Å². The van der Waals surface area contributed by atoms with Crippen molar-refractivity contribution in [3.05, 3.63) is 10.1 Å². The lowest BCUT2D eigenvalue weighted by atomic mass is 9.67. The fraction of sp³-hybridized carbons (Fsp3) is 0.833. The van der Waals surface area contributed by atoms with Gasteiger partial charge in [0, 0.05) is 10.8 Å². The van der Waals surface area contributed by atoms with Crippen LogP contribution in [-0.4, -0.2) is 28.3 Å². The molecule has 0 saturated carbocycles.